The van der Waals surface area contributed by atoms with Crippen molar-refractivity contribution in [2.75, 3.05) is 0 Å². The fourth-order valence-electron chi connectivity index (χ4n) is 0.867. The number of guanidine groups is 2. The number of rotatable bonds is 1. The van der Waals surface area contributed by atoms with E-state index in [4.69, 9.17) is 17.2 Å². The van der Waals surface area contributed by atoms with Crippen LogP contribution in [0.5, 0.6) is 5.75 Å². The first-order chi connectivity index (χ1) is 6.99. The van der Waals surface area contributed by atoms with Crippen LogP contribution in [0, 0.1) is 5.82 Å². The monoisotopic (exact) mass is 211 g/mol. The van der Waals surface area contributed by atoms with E-state index < -0.39 is 5.82 Å². The molecule has 15 heavy (non-hydrogen) atoms. The Labute approximate surface area is 84.9 Å². The normalized spacial score (nSPS) is 11.1. The van der Waals surface area contributed by atoms with Crippen molar-refractivity contribution in [2.45, 2.75) is 0 Å². The average molecular weight is 211 g/mol. The van der Waals surface area contributed by atoms with Crippen LogP contribution in [0.2, 0.25) is 0 Å². The summed E-state index contributed by atoms with van der Waals surface area (Å²) in [6.45, 7) is 0. The number of benzene rings is 1. The maximum absolute atomic E-state index is 12.8. The predicted molar refractivity (Wildman–Crippen MR) is 55.2 cm³/mol. The van der Waals surface area contributed by atoms with Crippen LogP contribution in [0.25, 0.3) is 0 Å². The summed E-state index contributed by atoms with van der Waals surface area (Å²) in [6, 6.07) is 3.24. The summed E-state index contributed by atoms with van der Waals surface area (Å²) >= 11 is 0. The largest absolute Gasteiger partial charge is 0.506 e. The lowest BCUT2D eigenvalue weighted by molar-refractivity contribution is 0.474. The van der Waals surface area contributed by atoms with Crippen LogP contribution in [0.1, 0.15) is 0 Å². The molecule has 1 aromatic rings. The van der Waals surface area contributed by atoms with Gasteiger partial charge in [-0.3, -0.25) is 0 Å². The molecule has 0 aliphatic rings. The van der Waals surface area contributed by atoms with E-state index in [1.807, 2.05) is 0 Å². The molecule has 6 nitrogen and oxygen atoms in total. The molecule has 7 heteroatoms. The molecule has 0 fully saturated rings. The zero-order valence-corrected chi connectivity index (χ0v) is 7.68. The molecule has 0 aliphatic heterocycles. The predicted octanol–water partition coefficient (Wildman–Crippen LogP) is -0.249. The van der Waals surface area contributed by atoms with E-state index in [9.17, 15) is 9.50 Å². The van der Waals surface area contributed by atoms with Crippen LogP contribution in [-0.4, -0.2) is 17.0 Å². The Kier molecular flexibility index (Phi) is 3.06. The highest BCUT2D eigenvalue weighted by molar-refractivity contribution is 5.93. The van der Waals surface area contributed by atoms with Crippen LogP contribution < -0.4 is 17.2 Å². The summed E-state index contributed by atoms with van der Waals surface area (Å²) in [6.07, 6.45) is 0. The summed E-state index contributed by atoms with van der Waals surface area (Å²) in [5.74, 6) is -1.31. The van der Waals surface area contributed by atoms with Gasteiger partial charge in [0.1, 0.15) is 17.3 Å². The van der Waals surface area contributed by atoms with Crippen LogP contribution in [-0.2, 0) is 0 Å². The number of hydrogen-bond acceptors (Lipinski definition) is 2. The maximum atomic E-state index is 12.8. The Morgan fingerprint density at radius 2 is 1.93 bits per heavy atom. The molecule has 0 aliphatic carbocycles. The van der Waals surface area contributed by atoms with Gasteiger partial charge in [-0.15, -0.1) is 0 Å². The Hall–Kier alpha value is -2.31. The van der Waals surface area contributed by atoms with Crippen molar-refractivity contribution in [3.63, 3.8) is 0 Å². The Morgan fingerprint density at radius 3 is 2.53 bits per heavy atom. The number of nitrogens with two attached hydrogens (primary N) is 3. The Balaban J connectivity index is 3.07. The Bertz CT molecular complexity index is 425. The molecule has 0 saturated carbocycles. The van der Waals surface area contributed by atoms with Gasteiger partial charge in [0.25, 0.3) is 0 Å². The lowest BCUT2D eigenvalue weighted by atomic mass is 10.3. The standard InChI is InChI=1S/C8H10FN5O/c9-4-1-2-6(15)5(3-4)13-8(12)14-7(10)11/h1-3,15H,(H6,10,11,12,13,14). The Morgan fingerprint density at radius 1 is 1.27 bits per heavy atom. The third-order valence-corrected chi connectivity index (χ3v) is 1.42. The lowest BCUT2D eigenvalue weighted by Crippen LogP contribution is -2.26. The smallest absolute Gasteiger partial charge is 0.223 e. The van der Waals surface area contributed by atoms with Gasteiger partial charge in [0.05, 0.1) is 0 Å². The number of phenolic OH excluding ortho intramolecular Hbond substituents is 1. The number of hydrogen-bond donors (Lipinski definition) is 4. The number of nitrogens with zero attached hydrogens (tertiary/aromatic N) is 2. The van der Waals surface area contributed by atoms with Crippen molar-refractivity contribution < 1.29 is 9.50 Å². The van der Waals surface area contributed by atoms with E-state index >= 15 is 0 Å². The molecular formula is C8H10FN5O. The molecule has 0 spiro atoms. The van der Waals surface area contributed by atoms with E-state index in [0.29, 0.717) is 0 Å². The number of aliphatic imine (C=N–C) groups is 2. The second-order valence-electron chi connectivity index (χ2n) is 2.64. The van der Waals surface area contributed by atoms with Gasteiger partial charge in [-0.2, -0.15) is 4.99 Å². The van der Waals surface area contributed by atoms with Gasteiger partial charge >= 0.3 is 0 Å². The van der Waals surface area contributed by atoms with Crippen LogP contribution >= 0.6 is 0 Å². The molecule has 1 rings (SSSR count). The number of aromatic hydroxyl groups is 1. The summed E-state index contributed by atoms with van der Waals surface area (Å²) in [5, 5.41) is 9.28. The highest BCUT2D eigenvalue weighted by Gasteiger charge is 2.02. The SMILES string of the molecule is NC(N)=NC(N)=Nc1cc(F)ccc1O. The number of halogens is 1. The maximum Gasteiger partial charge on any atom is 0.223 e. The second kappa shape index (κ2) is 4.27. The highest BCUT2D eigenvalue weighted by atomic mass is 19.1. The summed E-state index contributed by atoms with van der Waals surface area (Å²) in [5.41, 5.74) is 15.3. The molecule has 0 aromatic heterocycles. The molecule has 1 aromatic carbocycles. The summed E-state index contributed by atoms with van der Waals surface area (Å²) in [7, 11) is 0. The van der Waals surface area contributed by atoms with Crippen molar-refractivity contribution >= 4 is 17.6 Å². The van der Waals surface area contributed by atoms with Gasteiger partial charge in [0.15, 0.2) is 5.96 Å². The van der Waals surface area contributed by atoms with E-state index in [2.05, 4.69) is 9.98 Å². The third kappa shape index (κ3) is 3.14. The van der Waals surface area contributed by atoms with Crippen LogP contribution in [0.4, 0.5) is 10.1 Å². The van der Waals surface area contributed by atoms with Gasteiger partial charge in [-0.25, -0.2) is 9.38 Å². The first-order valence-electron chi connectivity index (χ1n) is 3.91. The van der Waals surface area contributed by atoms with E-state index in [0.717, 1.165) is 18.2 Å². The van der Waals surface area contributed by atoms with Gasteiger partial charge in [0.2, 0.25) is 5.96 Å². The van der Waals surface area contributed by atoms with Crippen LogP contribution in [0.15, 0.2) is 28.2 Å². The van der Waals surface area contributed by atoms with Crippen LogP contribution in [0.3, 0.4) is 0 Å². The summed E-state index contributed by atoms with van der Waals surface area (Å²) in [4.78, 5) is 7.03. The first kappa shape index (κ1) is 10.8. The van der Waals surface area contributed by atoms with Gasteiger partial charge in [0, 0.05) is 6.07 Å². The third-order valence-electron chi connectivity index (χ3n) is 1.42. The van der Waals surface area contributed by atoms with Crippen molar-refractivity contribution in [3.05, 3.63) is 24.0 Å². The molecule has 0 unspecified atom stereocenters. The van der Waals surface area contributed by atoms with Gasteiger partial charge in [-0.1, -0.05) is 0 Å². The molecule has 0 bridgehead atoms. The lowest BCUT2D eigenvalue weighted by Gasteiger charge is -1.99. The molecule has 80 valence electrons. The van der Waals surface area contributed by atoms with E-state index in [-0.39, 0.29) is 23.4 Å². The number of phenols is 1. The van der Waals surface area contributed by atoms with Crippen molar-refractivity contribution in [3.8, 4) is 5.75 Å². The summed E-state index contributed by atoms with van der Waals surface area (Å²) < 4.78 is 12.8. The fraction of sp³-hybridized carbons (Fsp3) is 0. The quantitative estimate of drug-likeness (QED) is 0.377. The molecular weight excluding hydrogens is 201 g/mol. The van der Waals surface area contributed by atoms with Crippen molar-refractivity contribution in [1.82, 2.24) is 0 Å². The van der Waals surface area contributed by atoms with Crippen molar-refractivity contribution in [1.29, 1.82) is 0 Å². The second-order valence-corrected chi connectivity index (χ2v) is 2.64. The minimum Gasteiger partial charge on any atom is -0.506 e. The first-order valence-corrected chi connectivity index (χ1v) is 3.91. The fourth-order valence-corrected chi connectivity index (χ4v) is 0.867. The van der Waals surface area contributed by atoms with E-state index in [1.165, 1.54) is 0 Å². The molecule has 0 amide bonds. The topological polar surface area (TPSA) is 123 Å². The molecule has 0 saturated heterocycles. The van der Waals surface area contributed by atoms with E-state index in [1.54, 1.807) is 0 Å². The zero-order chi connectivity index (χ0) is 11.4. The minimum absolute atomic E-state index is 0.0440. The molecule has 0 atom stereocenters. The highest BCUT2D eigenvalue weighted by Crippen LogP contribution is 2.26. The van der Waals surface area contributed by atoms with Crippen molar-refractivity contribution in [2.24, 2.45) is 27.2 Å². The average Bonchev–Trinajstić information content (AvgIpc) is 2.10. The minimum atomic E-state index is -0.552. The van der Waals surface area contributed by atoms with Gasteiger partial charge < -0.3 is 22.3 Å². The molecule has 7 N–H and O–H groups in total. The zero-order valence-electron chi connectivity index (χ0n) is 7.68. The molecule has 0 heterocycles. The molecule has 0 radical (unpaired) electrons. The van der Waals surface area contributed by atoms with Gasteiger partial charge in [-0.05, 0) is 12.1 Å².